The average Bonchev–Trinajstić information content (AvgIpc) is 2.40. The molecule has 1 aromatic heterocycles. The van der Waals surface area contributed by atoms with E-state index in [1.165, 1.54) is 0 Å². The molecule has 0 aromatic carbocycles. The average molecular weight is 209 g/mol. The number of aromatic nitrogens is 1. The van der Waals surface area contributed by atoms with Crippen LogP contribution < -0.4 is 0 Å². The summed E-state index contributed by atoms with van der Waals surface area (Å²) in [6.45, 7) is 7.62. The first-order chi connectivity index (χ1) is 6.86. The third-order valence-corrected chi connectivity index (χ3v) is 2.44. The fraction of sp³-hybridized carbons (Fsp3) is 0.455. The summed E-state index contributed by atoms with van der Waals surface area (Å²) in [6.07, 6.45) is 0. The van der Waals surface area contributed by atoms with Gasteiger partial charge in [0.05, 0.1) is 5.56 Å². The topological polar surface area (TPSA) is 59.3 Å². The van der Waals surface area contributed by atoms with Crippen molar-refractivity contribution in [3.8, 4) is 0 Å². The lowest BCUT2D eigenvalue weighted by Gasteiger charge is -2.13. The monoisotopic (exact) mass is 209 g/mol. The number of carbonyl (C=O) groups excluding carboxylic acids is 1. The largest absolute Gasteiger partial charge is 0.475 e. The van der Waals surface area contributed by atoms with Crippen molar-refractivity contribution in [3.63, 3.8) is 0 Å². The molecule has 0 fully saturated rings. The molecule has 0 radical (unpaired) electrons. The molecule has 1 N–H and O–H groups in total. The Balaban J connectivity index is 3.29. The molecule has 4 nitrogen and oxygen atoms in total. The standard InChI is InChI=1S/C11H15NO3/c1-6(2)12-7(3)5-9(8(12)4)10(13)11(14)15/h5-6H,1-4H3,(H,14,15). The fourth-order valence-electron chi connectivity index (χ4n) is 1.92. The Kier molecular flexibility index (Phi) is 2.98. The van der Waals surface area contributed by atoms with Crippen molar-refractivity contribution in [2.75, 3.05) is 0 Å². The second-order valence-corrected chi connectivity index (χ2v) is 3.88. The number of nitrogens with zero attached hydrogens (tertiary/aromatic N) is 1. The summed E-state index contributed by atoms with van der Waals surface area (Å²) < 4.78 is 1.95. The zero-order valence-corrected chi connectivity index (χ0v) is 9.37. The fourth-order valence-corrected chi connectivity index (χ4v) is 1.92. The van der Waals surface area contributed by atoms with E-state index in [4.69, 9.17) is 5.11 Å². The number of carbonyl (C=O) groups is 2. The van der Waals surface area contributed by atoms with E-state index in [9.17, 15) is 9.59 Å². The SMILES string of the molecule is Cc1cc(C(=O)C(=O)O)c(C)n1C(C)C. The van der Waals surface area contributed by atoms with E-state index in [0.717, 1.165) is 11.4 Å². The molecular formula is C11H15NO3. The van der Waals surface area contributed by atoms with Crippen LogP contribution in [0.5, 0.6) is 0 Å². The zero-order valence-electron chi connectivity index (χ0n) is 9.37. The van der Waals surface area contributed by atoms with E-state index < -0.39 is 11.8 Å². The molecule has 4 heteroatoms. The number of rotatable bonds is 3. The lowest BCUT2D eigenvalue weighted by molar-refractivity contribution is -0.131. The molecule has 0 unspecified atom stereocenters. The van der Waals surface area contributed by atoms with Crippen LogP contribution in [0.25, 0.3) is 0 Å². The molecule has 0 aliphatic carbocycles. The second-order valence-electron chi connectivity index (χ2n) is 3.88. The van der Waals surface area contributed by atoms with Gasteiger partial charge in [0.25, 0.3) is 5.78 Å². The molecule has 0 bridgehead atoms. The molecule has 1 heterocycles. The first-order valence-electron chi connectivity index (χ1n) is 4.82. The highest BCUT2D eigenvalue weighted by molar-refractivity contribution is 6.40. The molecule has 0 saturated heterocycles. The van der Waals surface area contributed by atoms with Crippen molar-refractivity contribution in [2.45, 2.75) is 33.7 Å². The highest BCUT2D eigenvalue weighted by atomic mass is 16.4. The number of carboxylic acid groups (broad SMARTS) is 1. The summed E-state index contributed by atoms with van der Waals surface area (Å²) in [5.74, 6) is -2.24. The van der Waals surface area contributed by atoms with Crippen LogP contribution in [0.4, 0.5) is 0 Å². The molecular weight excluding hydrogens is 194 g/mol. The van der Waals surface area contributed by atoms with Crippen LogP contribution >= 0.6 is 0 Å². The summed E-state index contributed by atoms with van der Waals surface area (Å²) in [5.41, 5.74) is 1.91. The molecule has 0 aliphatic rings. The van der Waals surface area contributed by atoms with Gasteiger partial charge in [-0.15, -0.1) is 0 Å². The Morgan fingerprint density at radius 2 is 1.87 bits per heavy atom. The van der Waals surface area contributed by atoms with Gasteiger partial charge in [-0.2, -0.15) is 0 Å². The molecule has 0 atom stereocenters. The maximum absolute atomic E-state index is 11.3. The van der Waals surface area contributed by atoms with Crippen LogP contribution in [0.15, 0.2) is 6.07 Å². The summed E-state index contributed by atoms with van der Waals surface area (Å²) in [7, 11) is 0. The minimum atomic E-state index is -1.40. The molecule has 15 heavy (non-hydrogen) atoms. The van der Waals surface area contributed by atoms with Gasteiger partial charge < -0.3 is 9.67 Å². The maximum atomic E-state index is 11.3. The van der Waals surface area contributed by atoms with Gasteiger partial charge in [0.15, 0.2) is 0 Å². The lowest BCUT2D eigenvalue weighted by Crippen LogP contribution is -2.14. The second kappa shape index (κ2) is 3.88. The molecule has 82 valence electrons. The summed E-state index contributed by atoms with van der Waals surface area (Å²) >= 11 is 0. The van der Waals surface area contributed by atoms with Gasteiger partial charge in [-0.25, -0.2) is 4.79 Å². The van der Waals surface area contributed by atoms with Crippen LogP contribution in [0.3, 0.4) is 0 Å². The number of hydrogen-bond donors (Lipinski definition) is 1. The molecule has 0 spiro atoms. The number of Topliss-reactive ketones (excluding diaryl/α,β-unsaturated/α-hetero) is 1. The Hall–Kier alpha value is -1.58. The van der Waals surface area contributed by atoms with Crippen molar-refractivity contribution in [2.24, 2.45) is 0 Å². The van der Waals surface area contributed by atoms with Gasteiger partial charge in [0.2, 0.25) is 0 Å². The maximum Gasteiger partial charge on any atom is 0.377 e. The van der Waals surface area contributed by atoms with Crippen LogP contribution in [-0.4, -0.2) is 21.4 Å². The van der Waals surface area contributed by atoms with Crippen molar-refractivity contribution >= 4 is 11.8 Å². The van der Waals surface area contributed by atoms with E-state index >= 15 is 0 Å². The van der Waals surface area contributed by atoms with Gasteiger partial charge in [-0.05, 0) is 33.8 Å². The van der Waals surface area contributed by atoms with Crippen LogP contribution in [0.2, 0.25) is 0 Å². The summed E-state index contributed by atoms with van der Waals surface area (Å²) in [6, 6.07) is 1.85. The van der Waals surface area contributed by atoms with Gasteiger partial charge in [0, 0.05) is 17.4 Å². The van der Waals surface area contributed by atoms with Crippen molar-refractivity contribution in [1.29, 1.82) is 0 Å². The molecule has 1 rings (SSSR count). The highest BCUT2D eigenvalue weighted by Crippen LogP contribution is 2.20. The predicted octanol–water partition coefficient (Wildman–Crippen LogP) is 1.95. The highest BCUT2D eigenvalue weighted by Gasteiger charge is 2.21. The van der Waals surface area contributed by atoms with Crippen LogP contribution in [0, 0.1) is 13.8 Å². The number of aliphatic carboxylic acids is 1. The first kappa shape index (κ1) is 11.5. The number of ketones is 1. The number of hydrogen-bond acceptors (Lipinski definition) is 2. The van der Waals surface area contributed by atoms with Crippen molar-refractivity contribution < 1.29 is 14.7 Å². The van der Waals surface area contributed by atoms with E-state index in [1.54, 1.807) is 13.0 Å². The minimum absolute atomic E-state index is 0.223. The van der Waals surface area contributed by atoms with Crippen molar-refractivity contribution in [1.82, 2.24) is 4.57 Å². The van der Waals surface area contributed by atoms with Gasteiger partial charge in [-0.1, -0.05) is 0 Å². The minimum Gasteiger partial charge on any atom is -0.475 e. The Morgan fingerprint density at radius 3 is 2.20 bits per heavy atom. The first-order valence-corrected chi connectivity index (χ1v) is 4.82. The van der Waals surface area contributed by atoms with E-state index in [-0.39, 0.29) is 11.6 Å². The smallest absolute Gasteiger partial charge is 0.377 e. The molecule has 0 amide bonds. The van der Waals surface area contributed by atoms with Crippen LogP contribution in [-0.2, 0) is 4.79 Å². The third kappa shape index (κ3) is 1.93. The third-order valence-electron chi connectivity index (χ3n) is 2.44. The molecule has 0 saturated carbocycles. The Labute approximate surface area is 88.5 Å². The number of aryl methyl sites for hydroxylation is 1. The Bertz CT molecular complexity index is 416. The summed E-state index contributed by atoms with van der Waals surface area (Å²) in [4.78, 5) is 21.9. The van der Waals surface area contributed by atoms with Gasteiger partial charge in [-0.3, -0.25) is 4.79 Å². The predicted molar refractivity (Wildman–Crippen MR) is 56.3 cm³/mol. The van der Waals surface area contributed by atoms with E-state index in [2.05, 4.69) is 0 Å². The van der Waals surface area contributed by atoms with Crippen molar-refractivity contribution in [3.05, 3.63) is 23.0 Å². The Morgan fingerprint density at radius 1 is 1.33 bits per heavy atom. The summed E-state index contributed by atoms with van der Waals surface area (Å²) in [5, 5.41) is 8.64. The number of carboxylic acids is 1. The van der Waals surface area contributed by atoms with E-state index in [1.807, 2.05) is 25.3 Å². The van der Waals surface area contributed by atoms with Gasteiger partial charge >= 0.3 is 5.97 Å². The molecule has 1 aromatic rings. The quantitative estimate of drug-likeness (QED) is 0.611. The van der Waals surface area contributed by atoms with E-state index in [0.29, 0.717) is 0 Å². The molecule has 0 aliphatic heterocycles. The van der Waals surface area contributed by atoms with Crippen LogP contribution in [0.1, 0.15) is 41.6 Å². The zero-order chi connectivity index (χ0) is 11.7. The lowest BCUT2D eigenvalue weighted by atomic mass is 10.1. The van der Waals surface area contributed by atoms with Gasteiger partial charge in [0.1, 0.15) is 0 Å². The normalized spacial score (nSPS) is 10.7.